The van der Waals surface area contributed by atoms with Crippen molar-refractivity contribution in [3.8, 4) is 0 Å². The summed E-state index contributed by atoms with van der Waals surface area (Å²) in [5.41, 5.74) is 4.11. The number of ether oxygens (including phenoxy) is 1. The molecule has 1 atom stereocenters. The predicted octanol–water partition coefficient (Wildman–Crippen LogP) is 1.56. The third-order valence-electron chi connectivity index (χ3n) is 3.29. The zero-order valence-corrected chi connectivity index (χ0v) is 13.6. The highest BCUT2D eigenvalue weighted by Crippen LogP contribution is 2.32. The van der Waals surface area contributed by atoms with Gasteiger partial charge < -0.3 is 15.8 Å². The standard InChI is InChI=1S/C16H19F3N2O4/c1-2-25-14(23)8-7-13(22)21-12(15(20)24)9-10-5-3-4-6-11(10)16(17,18)19/h3-6,12H,2,7-9H2,1H3,(H2,20,24)(H,21,22)/t12-/m0/s1. The number of halogens is 3. The van der Waals surface area contributed by atoms with Gasteiger partial charge in [-0.2, -0.15) is 13.2 Å². The Balaban J connectivity index is 2.78. The largest absolute Gasteiger partial charge is 0.466 e. The summed E-state index contributed by atoms with van der Waals surface area (Å²) in [6.45, 7) is 1.78. The molecular weight excluding hydrogens is 341 g/mol. The quantitative estimate of drug-likeness (QED) is 0.688. The van der Waals surface area contributed by atoms with Gasteiger partial charge in [0, 0.05) is 12.8 Å². The van der Waals surface area contributed by atoms with Crippen LogP contribution in [0.15, 0.2) is 24.3 Å². The van der Waals surface area contributed by atoms with E-state index in [0.29, 0.717) is 0 Å². The molecule has 0 aromatic heterocycles. The summed E-state index contributed by atoms with van der Waals surface area (Å²) in [4.78, 5) is 34.5. The van der Waals surface area contributed by atoms with Gasteiger partial charge in [-0.05, 0) is 18.6 Å². The van der Waals surface area contributed by atoms with Gasteiger partial charge in [0.25, 0.3) is 0 Å². The number of nitrogens with two attached hydrogens (primary N) is 1. The van der Waals surface area contributed by atoms with E-state index in [1.165, 1.54) is 18.2 Å². The lowest BCUT2D eigenvalue weighted by Gasteiger charge is -2.18. The zero-order valence-electron chi connectivity index (χ0n) is 13.6. The summed E-state index contributed by atoms with van der Waals surface area (Å²) in [5, 5.41) is 2.25. The van der Waals surface area contributed by atoms with Gasteiger partial charge >= 0.3 is 12.1 Å². The smallest absolute Gasteiger partial charge is 0.416 e. The minimum atomic E-state index is -4.59. The van der Waals surface area contributed by atoms with Crippen LogP contribution in [-0.4, -0.2) is 30.4 Å². The van der Waals surface area contributed by atoms with Gasteiger partial charge in [-0.3, -0.25) is 14.4 Å². The number of esters is 1. The maximum absolute atomic E-state index is 13.0. The summed E-state index contributed by atoms with van der Waals surface area (Å²) in [6, 6.07) is 3.40. The molecular formula is C16H19F3N2O4. The minimum Gasteiger partial charge on any atom is -0.466 e. The Morgan fingerprint density at radius 2 is 1.84 bits per heavy atom. The Hall–Kier alpha value is -2.58. The molecule has 1 aromatic carbocycles. The molecule has 2 amide bonds. The van der Waals surface area contributed by atoms with E-state index >= 15 is 0 Å². The summed E-state index contributed by atoms with van der Waals surface area (Å²) >= 11 is 0. The van der Waals surface area contributed by atoms with Crippen LogP contribution in [0, 0.1) is 0 Å². The molecule has 25 heavy (non-hydrogen) atoms. The lowest BCUT2D eigenvalue weighted by Crippen LogP contribution is -2.46. The van der Waals surface area contributed by atoms with Gasteiger partial charge in [-0.15, -0.1) is 0 Å². The van der Waals surface area contributed by atoms with Crippen LogP contribution >= 0.6 is 0 Å². The van der Waals surface area contributed by atoms with Gasteiger partial charge in [-0.1, -0.05) is 18.2 Å². The van der Waals surface area contributed by atoms with E-state index in [9.17, 15) is 27.6 Å². The molecule has 0 radical (unpaired) electrons. The number of carbonyl (C=O) groups excluding carboxylic acids is 3. The lowest BCUT2D eigenvalue weighted by molar-refractivity contribution is -0.144. The molecule has 0 aliphatic heterocycles. The average Bonchev–Trinajstić information content (AvgIpc) is 2.52. The van der Waals surface area contributed by atoms with Crippen LogP contribution in [-0.2, 0) is 31.7 Å². The molecule has 0 aliphatic rings. The number of primary amides is 1. The Labute approximate surface area is 142 Å². The van der Waals surface area contributed by atoms with Crippen molar-refractivity contribution in [1.82, 2.24) is 5.32 Å². The van der Waals surface area contributed by atoms with Crippen LogP contribution in [0.25, 0.3) is 0 Å². The van der Waals surface area contributed by atoms with Crippen molar-refractivity contribution in [3.05, 3.63) is 35.4 Å². The normalized spacial score (nSPS) is 12.3. The highest BCUT2D eigenvalue weighted by molar-refractivity contribution is 5.88. The summed E-state index contributed by atoms with van der Waals surface area (Å²) < 4.78 is 43.6. The van der Waals surface area contributed by atoms with Crippen LogP contribution in [0.2, 0.25) is 0 Å². The highest BCUT2D eigenvalue weighted by Gasteiger charge is 2.34. The number of carbonyl (C=O) groups is 3. The van der Waals surface area contributed by atoms with Gasteiger partial charge in [0.05, 0.1) is 18.6 Å². The molecule has 9 heteroatoms. The summed E-state index contributed by atoms with van der Waals surface area (Å²) in [7, 11) is 0. The highest BCUT2D eigenvalue weighted by atomic mass is 19.4. The number of benzene rings is 1. The first-order chi connectivity index (χ1) is 11.6. The first-order valence-corrected chi connectivity index (χ1v) is 7.54. The van der Waals surface area contributed by atoms with E-state index in [0.717, 1.165) is 6.07 Å². The monoisotopic (exact) mass is 360 g/mol. The van der Waals surface area contributed by atoms with E-state index in [-0.39, 0.29) is 25.0 Å². The average molecular weight is 360 g/mol. The molecule has 3 N–H and O–H groups in total. The molecule has 138 valence electrons. The zero-order chi connectivity index (χ0) is 19.0. The Bertz CT molecular complexity index is 632. The number of hydrogen-bond acceptors (Lipinski definition) is 4. The van der Waals surface area contributed by atoms with Crippen molar-refractivity contribution in [2.24, 2.45) is 5.73 Å². The summed E-state index contributed by atoms with van der Waals surface area (Å²) in [6.07, 6.45) is -5.46. The fourth-order valence-corrected chi connectivity index (χ4v) is 2.13. The molecule has 6 nitrogen and oxygen atoms in total. The molecule has 0 fully saturated rings. The van der Waals surface area contributed by atoms with E-state index in [4.69, 9.17) is 5.73 Å². The number of nitrogens with one attached hydrogen (secondary N) is 1. The maximum atomic E-state index is 13.0. The van der Waals surface area contributed by atoms with Gasteiger partial charge in [-0.25, -0.2) is 0 Å². The van der Waals surface area contributed by atoms with Crippen LogP contribution in [0.4, 0.5) is 13.2 Å². The van der Waals surface area contributed by atoms with Crippen LogP contribution in [0.1, 0.15) is 30.9 Å². The molecule has 1 aromatic rings. The number of amides is 2. The Morgan fingerprint density at radius 1 is 1.20 bits per heavy atom. The van der Waals surface area contributed by atoms with E-state index in [2.05, 4.69) is 10.1 Å². The fourth-order valence-electron chi connectivity index (χ4n) is 2.13. The number of hydrogen-bond donors (Lipinski definition) is 2. The summed E-state index contributed by atoms with van der Waals surface area (Å²) in [5.74, 6) is -2.24. The van der Waals surface area contributed by atoms with Gasteiger partial charge in [0.1, 0.15) is 6.04 Å². The van der Waals surface area contributed by atoms with E-state index < -0.39 is 42.0 Å². The minimum absolute atomic E-state index is 0.163. The second-order valence-corrected chi connectivity index (χ2v) is 5.19. The predicted molar refractivity (Wildman–Crippen MR) is 82.1 cm³/mol. The molecule has 0 heterocycles. The second-order valence-electron chi connectivity index (χ2n) is 5.19. The SMILES string of the molecule is CCOC(=O)CCC(=O)N[C@@H](Cc1ccccc1C(F)(F)F)C(N)=O. The third kappa shape index (κ3) is 6.82. The van der Waals surface area contributed by atoms with Crippen molar-refractivity contribution >= 4 is 17.8 Å². The molecule has 0 saturated carbocycles. The molecule has 0 spiro atoms. The van der Waals surface area contributed by atoms with Crippen molar-refractivity contribution in [3.63, 3.8) is 0 Å². The molecule has 1 rings (SSSR count). The lowest BCUT2D eigenvalue weighted by atomic mass is 9.99. The molecule has 0 aliphatic carbocycles. The first kappa shape index (κ1) is 20.5. The molecule has 0 unspecified atom stereocenters. The number of rotatable bonds is 8. The molecule has 0 bridgehead atoms. The second kappa shape index (κ2) is 9.05. The van der Waals surface area contributed by atoms with Crippen LogP contribution < -0.4 is 11.1 Å². The fraction of sp³-hybridized carbons (Fsp3) is 0.438. The van der Waals surface area contributed by atoms with Gasteiger partial charge in [0.2, 0.25) is 11.8 Å². The van der Waals surface area contributed by atoms with E-state index in [1.54, 1.807) is 6.92 Å². The van der Waals surface area contributed by atoms with Crippen LogP contribution in [0.3, 0.4) is 0 Å². The van der Waals surface area contributed by atoms with Crippen LogP contribution in [0.5, 0.6) is 0 Å². The Morgan fingerprint density at radius 3 is 2.40 bits per heavy atom. The van der Waals surface area contributed by atoms with Crippen molar-refractivity contribution in [2.45, 2.75) is 38.4 Å². The molecule has 0 saturated heterocycles. The van der Waals surface area contributed by atoms with E-state index in [1.807, 2.05) is 0 Å². The Kier molecular flexibility index (Phi) is 7.41. The van der Waals surface area contributed by atoms with Crippen molar-refractivity contribution in [1.29, 1.82) is 0 Å². The topological polar surface area (TPSA) is 98.5 Å². The van der Waals surface area contributed by atoms with Gasteiger partial charge in [0.15, 0.2) is 0 Å². The van der Waals surface area contributed by atoms with Crippen molar-refractivity contribution in [2.75, 3.05) is 6.61 Å². The third-order valence-corrected chi connectivity index (χ3v) is 3.29. The maximum Gasteiger partial charge on any atom is 0.416 e. The van der Waals surface area contributed by atoms with Crippen molar-refractivity contribution < 1.29 is 32.3 Å². The first-order valence-electron chi connectivity index (χ1n) is 7.54. The number of alkyl halides is 3.